The average Bonchev–Trinajstić information content (AvgIpc) is 3.13. The van der Waals surface area contributed by atoms with Crippen LogP contribution in [0.3, 0.4) is 0 Å². The Morgan fingerprint density at radius 3 is 2.55 bits per heavy atom. The number of phenolic OH excluding ortho intramolecular Hbond substituents is 1. The lowest BCUT2D eigenvalue weighted by Gasteiger charge is -2.38. The van der Waals surface area contributed by atoms with Crippen molar-refractivity contribution in [3.8, 4) is 5.75 Å². The maximum absolute atomic E-state index is 12.7. The summed E-state index contributed by atoms with van der Waals surface area (Å²) in [4.78, 5) is 28.7. The molecule has 1 atom stereocenters. The van der Waals surface area contributed by atoms with E-state index in [0.717, 1.165) is 24.0 Å². The quantitative estimate of drug-likeness (QED) is 0.826. The van der Waals surface area contributed by atoms with Gasteiger partial charge in [0.15, 0.2) is 0 Å². The van der Waals surface area contributed by atoms with Crippen LogP contribution in [0.25, 0.3) is 0 Å². The van der Waals surface area contributed by atoms with Crippen molar-refractivity contribution in [1.82, 2.24) is 9.80 Å². The van der Waals surface area contributed by atoms with Gasteiger partial charge in [0, 0.05) is 19.1 Å². The summed E-state index contributed by atoms with van der Waals surface area (Å²) in [7, 11) is 0. The molecule has 2 amide bonds. The number of hydrogen-bond acceptors (Lipinski definition) is 4. The average molecular weight is 415 g/mol. The Kier molecular flexibility index (Phi) is 5.62. The molecule has 2 aliphatic heterocycles. The number of carbonyl (C=O) groups is 2. The molecule has 2 saturated heterocycles. The molecule has 2 aliphatic rings. The van der Waals surface area contributed by atoms with Crippen LogP contribution in [0.15, 0.2) is 48.5 Å². The highest BCUT2D eigenvalue weighted by Crippen LogP contribution is 2.33. The molecule has 2 aromatic rings. The van der Waals surface area contributed by atoms with Crippen molar-refractivity contribution in [1.29, 1.82) is 0 Å². The van der Waals surface area contributed by atoms with E-state index >= 15 is 0 Å². The third kappa shape index (κ3) is 4.17. The van der Waals surface area contributed by atoms with E-state index in [1.165, 1.54) is 6.07 Å². The Balaban J connectivity index is 1.37. The van der Waals surface area contributed by atoms with Crippen molar-refractivity contribution in [3.05, 3.63) is 64.7 Å². The molecule has 4 rings (SSSR count). The molecule has 0 spiro atoms. The zero-order chi connectivity index (χ0) is 20.4. The number of phenols is 1. The van der Waals surface area contributed by atoms with Gasteiger partial charge in [-0.15, -0.1) is 0 Å². The third-order valence-electron chi connectivity index (χ3n) is 5.67. The summed E-state index contributed by atoms with van der Waals surface area (Å²) in [5.41, 5.74) is 1.84. The standard InChI is InChI=1S/C22H23ClN2O4/c23-18-12-15(6-7-20(18)26)13-21(27)24-10-8-17(9-11-24)25-19(14-29-22(25)28)16-4-2-1-3-5-16/h1-7,12,17,19,26H,8-11,13-14H2/t19-/m0/s1. The molecule has 0 aromatic heterocycles. The molecule has 2 heterocycles. The molecule has 1 N–H and O–H groups in total. The highest BCUT2D eigenvalue weighted by atomic mass is 35.5. The maximum Gasteiger partial charge on any atom is 0.410 e. The summed E-state index contributed by atoms with van der Waals surface area (Å²) in [6, 6.07) is 14.7. The number of hydrogen-bond donors (Lipinski definition) is 1. The highest BCUT2D eigenvalue weighted by molar-refractivity contribution is 6.32. The molecule has 2 fully saturated rings. The van der Waals surface area contributed by atoms with Gasteiger partial charge < -0.3 is 14.7 Å². The van der Waals surface area contributed by atoms with Crippen LogP contribution in [0, 0.1) is 0 Å². The normalized spacial score (nSPS) is 20.0. The van der Waals surface area contributed by atoms with Gasteiger partial charge in [-0.2, -0.15) is 0 Å². The first-order chi connectivity index (χ1) is 14.0. The van der Waals surface area contributed by atoms with Crippen molar-refractivity contribution in [2.24, 2.45) is 0 Å². The predicted octanol–water partition coefficient (Wildman–Crippen LogP) is 3.77. The van der Waals surface area contributed by atoms with E-state index in [2.05, 4.69) is 0 Å². The van der Waals surface area contributed by atoms with Crippen molar-refractivity contribution >= 4 is 23.6 Å². The van der Waals surface area contributed by atoms with E-state index < -0.39 is 0 Å². The molecular formula is C22H23ClN2O4. The summed E-state index contributed by atoms with van der Waals surface area (Å²) in [6.07, 6.45) is 1.41. The minimum atomic E-state index is -0.276. The Labute approximate surface area is 174 Å². The fourth-order valence-electron chi connectivity index (χ4n) is 4.11. The van der Waals surface area contributed by atoms with E-state index in [-0.39, 0.29) is 41.3 Å². The smallest absolute Gasteiger partial charge is 0.410 e. The number of nitrogens with zero attached hydrogens (tertiary/aromatic N) is 2. The van der Waals surface area contributed by atoms with E-state index in [9.17, 15) is 14.7 Å². The van der Waals surface area contributed by atoms with Gasteiger partial charge in [0.1, 0.15) is 12.4 Å². The first kappa shape index (κ1) is 19.6. The molecule has 0 aliphatic carbocycles. The van der Waals surface area contributed by atoms with Gasteiger partial charge in [0.05, 0.1) is 17.5 Å². The highest BCUT2D eigenvalue weighted by Gasteiger charge is 2.40. The number of ether oxygens (including phenoxy) is 1. The first-order valence-corrected chi connectivity index (χ1v) is 10.2. The Morgan fingerprint density at radius 1 is 1.14 bits per heavy atom. The minimum Gasteiger partial charge on any atom is -0.506 e. The molecule has 7 heteroatoms. The zero-order valence-corrected chi connectivity index (χ0v) is 16.7. The van der Waals surface area contributed by atoms with Crippen LogP contribution < -0.4 is 0 Å². The summed E-state index contributed by atoms with van der Waals surface area (Å²) < 4.78 is 5.33. The summed E-state index contributed by atoms with van der Waals surface area (Å²) >= 11 is 5.93. The predicted molar refractivity (Wildman–Crippen MR) is 109 cm³/mol. The van der Waals surface area contributed by atoms with E-state index in [0.29, 0.717) is 19.7 Å². The van der Waals surface area contributed by atoms with Gasteiger partial charge in [0.25, 0.3) is 0 Å². The van der Waals surface area contributed by atoms with Gasteiger partial charge in [-0.3, -0.25) is 9.69 Å². The number of rotatable bonds is 4. The summed E-state index contributed by atoms with van der Waals surface area (Å²) in [5, 5.41) is 9.76. The molecule has 0 unspecified atom stereocenters. The van der Waals surface area contributed by atoms with Gasteiger partial charge in [-0.1, -0.05) is 48.0 Å². The first-order valence-electron chi connectivity index (χ1n) is 9.78. The fraction of sp³-hybridized carbons (Fsp3) is 0.364. The lowest BCUT2D eigenvalue weighted by atomic mass is 9.98. The van der Waals surface area contributed by atoms with Crippen molar-refractivity contribution in [2.45, 2.75) is 31.3 Å². The van der Waals surface area contributed by atoms with Gasteiger partial charge in [0.2, 0.25) is 5.91 Å². The number of cyclic esters (lactones) is 1. The monoisotopic (exact) mass is 414 g/mol. The second-order valence-corrected chi connectivity index (χ2v) is 7.89. The lowest BCUT2D eigenvalue weighted by Crippen LogP contribution is -2.48. The molecule has 2 aromatic carbocycles. The van der Waals surface area contributed by atoms with Crippen molar-refractivity contribution in [2.75, 3.05) is 19.7 Å². The number of halogens is 1. The summed E-state index contributed by atoms with van der Waals surface area (Å²) in [6.45, 7) is 1.56. The fourth-order valence-corrected chi connectivity index (χ4v) is 4.31. The zero-order valence-electron chi connectivity index (χ0n) is 16.0. The van der Waals surface area contributed by atoms with Gasteiger partial charge in [-0.25, -0.2) is 4.79 Å². The van der Waals surface area contributed by atoms with E-state index in [1.54, 1.807) is 12.1 Å². The van der Waals surface area contributed by atoms with Gasteiger partial charge in [-0.05, 0) is 36.1 Å². The lowest BCUT2D eigenvalue weighted by molar-refractivity contribution is -0.131. The third-order valence-corrected chi connectivity index (χ3v) is 5.98. The molecule has 6 nitrogen and oxygen atoms in total. The van der Waals surface area contributed by atoms with Crippen LogP contribution in [-0.4, -0.2) is 52.6 Å². The Bertz CT molecular complexity index is 897. The number of benzene rings is 2. The molecule has 0 bridgehead atoms. The number of carbonyl (C=O) groups excluding carboxylic acids is 2. The number of likely N-dealkylation sites (tertiary alicyclic amines) is 1. The molecule has 152 valence electrons. The maximum atomic E-state index is 12.7. The van der Waals surface area contributed by atoms with E-state index in [4.69, 9.17) is 16.3 Å². The Hall–Kier alpha value is -2.73. The second-order valence-electron chi connectivity index (χ2n) is 7.49. The van der Waals surface area contributed by atoms with Crippen LogP contribution in [0.2, 0.25) is 5.02 Å². The Morgan fingerprint density at radius 2 is 1.86 bits per heavy atom. The van der Waals surface area contributed by atoms with Crippen LogP contribution in [-0.2, 0) is 16.0 Å². The molecule has 0 radical (unpaired) electrons. The SMILES string of the molecule is O=C(Cc1ccc(O)c(Cl)c1)N1CCC(N2C(=O)OC[C@H]2c2ccccc2)CC1. The molecule has 0 saturated carbocycles. The minimum absolute atomic E-state index is 0.00847. The number of piperidine rings is 1. The molecule has 29 heavy (non-hydrogen) atoms. The molecular weight excluding hydrogens is 392 g/mol. The van der Waals surface area contributed by atoms with Gasteiger partial charge >= 0.3 is 6.09 Å². The van der Waals surface area contributed by atoms with Crippen molar-refractivity contribution in [3.63, 3.8) is 0 Å². The van der Waals surface area contributed by atoms with Crippen LogP contribution in [0.4, 0.5) is 4.79 Å². The van der Waals surface area contributed by atoms with Crippen LogP contribution in [0.5, 0.6) is 5.75 Å². The largest absolute Gasteiger partial charge is 0.506 e. The van der Waals surface area contributed by atoms with Crippen LogP contribution in [0.1, 0.15) is 30.0 Å². The van der Waals surface area contributed by atoms with Crippen LogP contribution >= 0.6 is 11.6 Å². The second kappa shape index (κ2) is 8.33. The number of aromatic hydroxyl groups is 1. The van der Waals surface area contributed by atoms with Crippen molar-refractivity contribution < 1.29 is 19.4 Å². The van der Waals surface area contributed by atoms with E-state index in [1.807, 2.05) is 40.1 Å². The summed E-state index contributed by atoms with van der Waals surface area (Å²) in [5.74, 6) is 0.0305. The number of amides is 2. The topological polar surface area (TPSA) is 70.1 Å².